The highest BCUT2D eigenvalue weighted by molar-refractivity contribution is 5.68. The molecular formula is C31H35F2N7O4. The Hall–Kier alpha value is -4.20. The summed E-state index contributed by atoms with van der Waals surface area (Å²) in [7, 11) is 1.32. The number of alkyl carbamates (subject to hydrolysis) is 1. The van der Waals surface area contributed by atoms with Crippen LogP contribution in [0.2, 0.25) is 0 Å². The first-order valence-electron chi connectivity index (χ1n) is 14.6. The van der Waals surface area contributed by atoms with E-state index >= 15 is 8.78 Å². The number of nitrogens with zero attached hydrogens (tertiary/aromatic N) is 5. The number of pyridine rings is 1. The molecule has 0 bridgehead atoms. The number of hydrogen-bond donors (Lipinski definition) is 3. The van der Waals surface area contributed by atoms with E-state index in [1.807, 2.05) is 13.0 Å². The van der Waals surface area contributed by atoms with E-state index in [0.29, 0.717) is 44.1 Å². The van der Waals surface area contributed by atoms with Gasteiger partial charge in [0.2, 0.25) is 0 Å². The maximum Gasteiger partial charge on any atom is 0.407 e. The van der Waals surface area contributed by atoms with Gasteiger partial charge in [0.05, 0.1) is 41.7 Å². The number of amides is 1. The van der Waals surface area contributed by atoms with E-state index in [1.165, 1.54) is 19.2 Å². The van der Waals surface area contributed by atoms with E-state index in [0.717, 1.165) is 11.3 Å². The van der Waals surface area contributed by atoms with Gasteiger partial charge in [-0.25, -0.2) is 23.1 Å². The van der Waals surface area contributed by atoms with E-state index in [4.69, 9.17) is 15.2 Å². The molecular weight excluding hydrogens is 572 g/mol. The van der Waals surface area contributed by atoms with Crippen molar-refractivity contribution in [2.24, 2.45) is 11.7 Å². The molecule has 11 nitrogen and oxygen atoms in total. The third-order valence-corrected chi connectivity index (χ3v) is 8.66. The number of imidazole rings is 1. The molecule has 13 heteroatoms. The molecule has 3 atom stereocenters. The molecule has 1 aromatic carbocycles. The lowest BCUT2D eigenvalue weighted by Gasteiger charge is -2.42. The Morgan fingerprint density at radius 3 is 2.64 bits per heavy atom. The normalized spacial score (nSPS) is 21.8. The highest BCUT2D eigenvalue weighted by Crippen LogP contribution is 2.36. The molecule has 0 saturated carbocycles. The van der Waals surface area contributed by atoms with Crippen LogP contribution in [0, 0.1) is 17.6 Å². The predicted molar refractivity (Wildman–Crippen MR) is 158 cm³/mol. The number of halogens is 2. The summed E-state index contributed by atoms with van der Waals surface area (Å²) in [4.78, 5) is 22.9. The largest absolute Gasteiger partial charge is 0.453 e. The Balaban J connectivity index is 1.28. The number of hydrogen-bond acceptors (Lipinski definition) is 9. The van der Waals surface area contributed by atoms with Gasteiger partial charge in [-0.1, -0.05) is 6.92 Å². The summed E-state index contributed by atoms with van der Waals surface area (Å²) >= 11 is 0. The summed E-state index contributed by atoms with van der Waals surface area (Å²) in [5.74, 6) is -1.01. The third kappa shape index (κ3) is 5.70. The van der Waals surface area contributed by atoms with Crippen LogP contribution >= 0.6 is 0 Å². The van der Waals surface area contributed by atoms with Crippen LogP contribution in [-0.2, 0) is 21.5 Å². The molecule has 44 heavy (non-hydrogen) atoms. The second-order valence-corrected chi connectivity index (χ2v) is 11.6. The number of rotatable bonds is 6. The number of fused-ring (bicyclic) bond motifs is 1. The first kappa shape index (κ1) is 29.9. The van der Waals surface area contributed by atoms with Crippen LogP contribution in [0.1, 0.15) is 36.7 Å². The van der Waals surface area contributed by atoms with Gasteiger partial charge in [-0.2, -0.15) is 5.10 Å². The van der Waals surface area contributed by atoms with Crippen molar-refractivity contribution < 1.29 is 28.2 Å². The average molecular weight is 608 g/mol. The summed E-state index contributed by atoms with van der Waals surface area (Å²) in [6.45, 7) is 3.80. The minimum Gasteiger partial charge on any atom is -0.453 e. The molecule has 4 N–H and O–H groups in total. The number of aromatic nitrogens is 4. The van der Waals surface area contributed by atoms with Gasteiger partial charge in [0.1, 0.15) is 17.5 Å². The number of carbonyl (C=O) groups is 1. The molecule has 1 amide bonds. The standard InChI is InChI=1S/C31H35F2N7O4/c1-18-16-39(17-24(34)29(18)37-30(41)43-2)26-5-8-35-14-19(26)11-27-36-15-21-3-4-25(38-40(21)27)28-22(32)12-20(13-23(28)33)31(42)6-9-44-10-7-31/h3-5,8,12-15,18,24,29,42H,6-7,9-11,16-17,34H2,1-2H3,(H,37,41)/t18-,24+,29-/m0/s1. The summed E-state index contributed by atoms with van der Waals surface area (Å²) in [5, 5.41) is 18.4. The Kier molecular flexibility index (Phi) is 8.18. The molecule has 2 saturated heterocycles. The molecule has 0 spiro atoms. The highest BCUT2D eigenvalue weighted by Gasteiger charge is 2.35. The van der Waals surface area contributed by atoms with Gasteiger partial charge in [-0.15, -0.1) is 0 Å². The first-order chi connectivity index (χ1) is 21.2. The fourth-order valence-electron chi connectivity index (χ4n) is 6.27. The number of nitrogens with one attached hydrogen (secondary N) is 1. The van der Waals surface area contributed by atoms with E-state index < -0.39 is 23.3 Å². The molecule has 0 radical (unpaired) electrons. The number of carbonyl (C=O) groups excluding carboxylic acids is 1. The van der Waals surface area contributed by atoms with Crippen molar-refractivity contribution in [3.8, 4) is 11.3 Å². The lowest BCUT2D eigenvalue weighted by atomic mass is 9.85. The summed E-state index contributed by atoms with van der Waals surface area (Å²) in [6, 6.07) is 6.97. The molecule has 0 unspecified atom stereocenters. The number of aliphatic hydroxyl groups is 1. The minimum absolute atomic E-state index is 0.0404. The molecule has 5 heterocycles. The van der Waals surface area contributed by atoms with Gasteiger partial charge in [0, 0.05) is 75.3 Å². The Labute approximate surface area is 253 Å². The number of methoxy groups -OCH3 is 1. The number of anilines is 1. The minimum atomic E-state index is -1.34. The molecule has 2 aliphatic heterocycles. The monoisotopic (exact) mass is 607 g/mol. The summed E-state index contributed by atoms with van der Waals surface area (Å²) < 4.78 is 42.5. The van der Waals surface area contributed by atoms with Crippen molar-refractivity contribution in [3.05, 3.63) is 77.5 Å². The number of nitrogens with two attached hydrogens (primary N) is 1. The zero-order valence-corrected chi connectivity index (χ0v) is 24.5. The topological polar surface area (TPSA) is 140 Å². The van der Waals surface area contributed by atoms with Crippen LogP contribution in [0.5, 0.6) is 0 Å². The summed E-state index contributed by atoms with van der Waals surface area (Å²) in [5.41, 5.74) is 7.60. The van der Waals surface area contributed by atoms with Crippen LogP contribution in [0.4, 0.5) is 19.3 Å². The quantitative estimate of drug-likeness (QED) is 0.302. The molecule has 4 aromatic rings. The first-order valence-corrected chi connectivity index (χ1v) is 14.6. The molecule has 6 rings (SSSR count). The average Bonchev–Trinajstić information content (AvgIpc) is 3.41. The zero-order valence-electron chi connectivity index (χ0n) is 24.5. The molecule has 2 fully saturated rings. The Morgan fingerprint density at radius 1 is 1.18 bits per heavy atom. The van der Waals surface area contributed by atoms with Gasteiger partial charge in [-0.05, 0) is 41.8 Å². The second kappa shape index (κ2) is 12.1. The van der Waals surface area contributed by atoms with Crippen molar-refractivity contribution in [2.45, 2.75) is 43.9 Å². The van der Waals surface area contributed by atoms with Gasteiger partial charge < -0.3 is 30.5 Å². The fraction of sp³-hybridized carbons (Fsp3) is 0.419. The van der Waals surface area contributed by atoms with Crippen LogP contribution in [-0.4, -0.2) is 76.3 Å². The van der Waals surface area contributed by atoms with Crippen molar-refractivity contribution in [1.29, 1.82) is 0 Å². The molecule has 3 aromatic heterocycles. The van der Waals surface area contributed by atoms with Gasteiger partial charge in [-0.3, -0.25) is 4.98 Å². The second-order valence-electron chi connectivity index (χ2n) is 11.6. The third-order valence-electron chi connectivity index (χ3n) is 8.66. The summed E-state index contributed by atoms with van der Waals surface area (Å²) in [6.07, 6.45) is 5.47. The molecule has 2 aliphatic rings. The van der Waals surface area contributed by atoms with Crippen LogP contribution < -0.4 is 16.0 Å². The number of benzene rings is 1. The van der Waals surface area contributed by atoms with Crippen LogP contribution in [0.25, 0.3) is 16.8 Å². The van der Waals surface area contributed by atoms with Gasteiger partial charge >= 0.3 is 6.09 Å². The van der Waals surface area contributed by atoms with Crippen LogP contribution in [0.3, 0.4) is 0 Å². The van der Waals surface area contributed by atoms with Crippen molar-refractivity contribution in [2.75, 3.05) is 38.3 Å². The van der Waals surface area contributed by atoms with E-state index in [-0.39, 0.29) is 47.7 Å². The van der Waals surface area contributed by atoms with Gasteiger partial charge in [0.15, 0.2) is 0 Å². The predicted octanol–water partition coefficient (Wildman–Crippen LogP) is 3.17. The fourth-order valence-corrected chi connectivity index (χ4v) is 6.27. The van der Waals surface area contributed by atoms with Gasteiger partial charge in [0.25, 0.3) is 0 Å². The van der Waals surface area contributed by atoms with Crippen molar-refractivity contribution in [1.82, 2.24) is 24.9 Å². The van der Waals surface area contributed by atoms with Crippen LogP contribution in [0.15, 0.2) is 48.9 Å². The SMILES string of the molecule is COC(=O)N[C@@H]1[C@H](N)CN(c2ccncc2Cc2ncc3ccc(-c4c(F)cc(C5(O)CCOCC5)cc4F)nn23)C[C@@H]1C. The zero-order chi connectivity index (χ0) is 31.0. The number of ether oxygens (including phenoxy) is 2. The van der Waals surface area contributed by atoms with E-state index in [2.05, 4.69) is 25.3 Å². The molecule has 0 aliphatic carbocycles. The Morgan fingerprint density at radius 2 is 1.93 bits per heavy atom. The maximum absolute atomic E-state index is 15.4. The number of piperidine rings is 1. The van der Waals surface area contributed by atoms with E-state index in [9.17, 15) is 9.90 Å². The maximum atomic E-state index is 15.4. The lowest BCUT2D eigenvalue weighted by molar-refractivity contribution is -0.0682. The van der Waals surface area contributed by atoms with Crippen molar-refractivity contribution >= 4 is 17.3 Å². The highest BCUT2D eigenvalue weighted by atomic mass is 19.1. The lowest BCUT2D eigenvalue weighted by Crippen LogP contribution is -2.62. The van der Waals surface area contributed by atoms with E-state index in [1.54, 1.807) is 35.2 Å². The smallest absolute Gasteiger partial charge is 0.407 e. The Bertz CT molecular complexity index is 1640. The van der Waals surface area contributed by atoms with Crippen molar-refractivity contribution in [3.63, 3.8) is 0 Å². The molecule has 232 valence electrons.